The van der Waals surface area contributed by atoms with Crippen molar-refractivity contribution < 1.29 is 9.26 Å². The summed E-state index contributed by atoms with van der Waals surface area (Å²) in [7, 11) is 0. The van der Waals surface area contributed by atoms with Gasteiger partial charge in [-0.05, 0) is 88.0 Å². The zero-order chi connectivity index (χ0) is 18.6. The highest BCUT2D eigenvalue weighted by Gasteiger charge is 2.17. The monoisotopic (exact) mass is 361 g/mol. The Hall–Kier alpha value is -2.84. The summed E-state index contributed by atoms with van der Waals surface area (Å²) in [5.74, 6) is 2.22. The van der Waals surface area contributed by atoms with Gasteiger partial charge in [-0.15, -0.1) is 0 Å². The Kier molecular flexibility index (Phi) is 5.08. The third-order valence-corrected chi connectivity index (χ3v) is 5.37. The minimum Gasteiger partial charge on any atom is -0.457 e. The molecule has 2 aromatic carbocycles. The lowest BCUT2D eigenvalue weighted by Gasteiger charge is -2.21. The van der Waals surface area contributed by atoms with Gasteiger partial charge < -0.3 is 14.6 Å². The van der Waals surface area contributed by atoms with Crippen LogP contribution in [0.5, 0.6) is 11.5 Å². The lowest BCUT2D eigenvalue weighted by atomic mass is 9.92. The molecule has 1 aromatic heterocycles. The Morgan fingerprint density at radius 3 is 2.70 bits per heavy atom. The maximum Gasteiger partial charge on any atom is 0.173 e. The second-order valence-electron chi connectivity index (χ2n) is 7.16. The number of ether oxygens (including phenoxy) is 1. The molecule has 0 saturated carbocycles. The summed E-state index contributed by atoms with van der Waals surface area (Å²) in [5, 5.41) is 17.7. The summed E-state index contributed by atoms with van der Waals surface area (Å²) in [6.07, 6.45) is 4.60. The predicted molar refractivity (Wildman–Crippen MR) is 104 cm³/mol. The average Bonchev–Trinajstić information content (AvgIpc) is 3.14. The molecular weight excluding hydrogens is 338 g/mol. The van der Waals surface area contributed by atoms with Crippen molar-refractivity contribution in [3.05, 3.63) is 53.2 Å². The molecular formula is C22H23N3O2. The van der Waals surface area contributed by atoms with Gasteiger partial charge in [-0.3, -0.25) is 0 Å². The smallest absolute Gasteiger partial charge is 0.173 e. The number of nitriles is 1. The van der Waals surface area contributed by atoms with Crippen molar-refractivity contribution in [1.29, 1.82) is 5.26 Å². The van der Waals surface area contributed by atoms with Crippen LogP contribution in [-0.2, 0) is 6.42 Å². The quantitative estimate of drug-likeness (QED) is 0.711. The van der Waals surface area contributed by atoms with Crippen LogP contribution < -0.4 is 10.1 Å². The topological polar surface area (TPSA) is 71.1 Å². The molecule has 5 heteroatoms. The first-order valence-electron chi connectivity index (χ1n) is 9.51. The van der Waals surface area contributed by atoms with E-state index in [4.69, 9.17) is 14.5 Å². The zero-order valence-corrected chi connectivity index (χ0v) is 15.5. The number of aryl methyl sites for hydroxylation is 2. The van der Waals surface area contributed by atoms with Crippen molar-refractivity contribution in [3.63, 3.8) is 0 Å². The lowest BCUT2D eigenvalue weighted by molar-refractivity contribution is 0.350. The molecule has 4 rings (SSSR count). The molecule has 2 heterocycles. The van der Waals surface area contributed by atoms with Gasteiger partial charge in [-0.1, -0.05) is 5.16 Å². The van der Waals surface area contributed by atoms with E-state index in [-0.39, 0.29) is 0 Å². The third kappa shape index (κ3) is 3.81. The van der Waals surface area contributed by atoms with Crippen LogP contribution in [0.15, 0.2) is 40.9 Å². The molecule has 138 valence electrons. The number of nitrogens with one attached hydrogen (secondary N) is 1. The Bertz CT molecular complexity index is 964. The normalized spacial score (nSPS) is 15.0. The minimum atomic E-state index is 0.614. The van der Waals surface area contributed by atoms with E-state index in [1.165, 1.54) is 12.8 Å². The van der Waals surface area contributed by atoms with Crippen LogP contribution in [-0.4, -0.2) is 18.2 Å². The number of aromatic nitrogens is 1. The molecule has 0 spiro atoms. The zero-order valence-electron chi connectivity index (χ0n) is 15.5. The summed E-state index contributed by atoms with van der Waals surface area (Å²) in [6, 6.07) is 13.2. The van der Waals surface area contributed by atoms with E-state index < -0.39 is 0 Å². The standard InChI is InChI=1S/C22H23N3O2/c1-15-21(26-18-5-2-17(14-23)3-6-18)9-7-19-20(25-27-22(15)19)8-4-16-10-12-24-13-11-16/h2-3,5-7,9,16,24H,4,8,10-13H2,1H3. The fourth-order valence-corrected chi connectivity index (χ4v) is 3.69. The number of piperidine rings is 1. The van der Waals surface area contributed by atoms with Gasteiger partial charge in [0, 0.05) is 10.9 Å². The largest absolute Gasteiger partial charge is 0.457 e. The average molecular weight is 361 g/mol. The van der Waals surface area contributed by atoms with Gasteiger partial charge in [0.1, 0.15) is 11.5 Å². The molecule has 0 aliphatic carbocycles. The van der Waals surface area contributed by atoms with Crippen LogP contribution in [0.2, 0.25) is 0 Å². The van der Waals surface area contributed by atoms with Crippen LogP contribution in [0, 0.1) is 24.2 Å². The van der Waals surface area contributed by atoms with Gasteiger partial charge in [0.15, 0.2) is 5.58 Å². The van der Waals surface area contributed by atoms with Crippen LogP contribution in [0.3, 0.4) is 0 Å². The summed E-state index contributed by atoms with van der Waals surface area (Å²) in [5.41, 5.74) is 3.39. The maximum atomic E-state index is 8.90. The molecule has 1 fully saturated rings. The Balaban J connectivity index is 1.51. The highest BCUT2D eigenvalue weighted by atomic mass is 16.5. The summed E-state index contributed by atoms with van der Waals surface area (Å²) in [4.78, 5) is 0. The number of benzene rings is 2. The van der Waals surface area contributed by atoms with Crippen molar-refractivity contribution in [2.24, 2.45) is 5.92 Å². The third-order valence-electron chi connectivity index (χ3n) is 5.37. The second kappa shape index (κ2) is 7.81. The molecule has 1 aliphatic heterocycles. The van der Waals surface area contributed by atoms with E-state index in [1.54, 1.807) is 24.3 Å². The minimum absolute atomic E-state index is 0.614. The van der Waals surface area contributed by atoms with Crippen LogP contribution in [0.4, 0.5) is 0 Å². The van der Waals surface area contributed by atoms with Gasteiger partial charge in [0.2, 0.25) is 0 Å². The van der Waals surface area contributed by atoms with E-state index in [0.717, 1.165) is 59.8 Å². The first-order valence-corrected chi connectivity index (χ1v) is 9.51. The first kappa shape index (κ1) is 17.6. The molecule has 0 unspecified atom stereocenters. The molecule has 1 N–H and O–H groups in total. The number of fused-ring (bicyclic) bond motifs is 1. The van der Waals surface area contributed by atoms with E-state index in [0.29, 0.717) is 11.3 Å². The fraction of sp³-hybridized carbons (Fsp3) is 0.364. The molecule has 0 atom stereocenters. The van der Waals surface area contributed by atoms with Crippen LogP contribution in [0.1, 0.15) is 36.1 Å². The molecule has 5 nitrogen and oxygen atoms in total. The van der Waals surface area contributed by atoms with Gasteiger partial charge in [0.25, 0.3) is 0 Å². The predicted octanol–water partition coefficient (Wildman–Crippen LogP) is 4.73. The van der Waals surface area contributed by atoms with Crippen molar-refractivity contribution in [2.45, 2.75) is 32.6 Å². The van der Waals surface area contributed by atoms with Crippen LogP contribution in [0.25, 0.3) is 11.0 Å². The number of nitrogens with zero attached hydrogens (tertiary/aromatic N) is 2. The molecule has 1 aliphatic rings. The van der Waals surface area contributed by atoms with E-state index in [9.17, 15) is 0 Å². The van der Waals surface area contributed by atoms with Crippen molar-refractivity contribution in [1.82, 2.24) is 10.5 Å². The molecule has 0 radical (unpaired) electrons. The number of hydrogen-bond acceptors (Lipinski definition) is 5. The Morgan fingerprint density at radius 2 is 1.96 bits per heavy atom. The molecule has 1 saturated heterocycles. The van der Waals surface area contributed by atoms with Gasteiger partial charge in [-0.25, -0.2) is 0 Å². The van der Waals surface area contributed by atoms with E-state index >= 15 is 0 Å². The van der Waals surface area contributed by atoms with Crippen molar-refractivity contribution >= 4 is 11.0 Å². The van der Waals surface area contributed by atoms with Gasteiger partial charge in [0.05, 0.1) is 17.3 Å². The summed E-state index contributed by atoms with van der Waals surface area (Å²) < 4.78 is 11.6. The highest BCUT2D eigenvalue weighted by Crippen LogP contribution is 2.33. The summed E-state index contributed by atoms with van der Waals surface area (Å²) >= 11 is 0. The first-order chi connectivity index (χ1) is 13.2. The molecule has 0 amide bonds. The van der Waals surface area contributed by atoms with Gasteiger partial charge >= 0.3 is 0 Å². The molecule has 3 aromatic rings. The lowest BCUT2D eigenvalue weighted by Crippen LogP contribution is -2.27. The fourth-order valence-electron chi connectivity index (χ4n) is 3.69. The second-order valence-corrected chi connectivity index (χ2v) is 7.16. The van der Waals surface area contributed by atoms with Crippen molar-refractivity contribution in [3.8, 4) is 17.6 Å². The van der Waals surface area contributed by atoms with Crippen molar-refractivity contribution in [2.75, 3.05) is 13.1 Å². The highest BCUT2D eigenvalue weighted by molar-refractivity contribution is 5.84. The number of rotatable bonds is 5. The van der Waals surface area contributed by atoms with E-state index in [1.807, 2.05) is 19.1 Å². The Labute approximate surface area is 158 Å². The molecule has 0 bridgehead atoms. The SMILES string of the molecule is Cc1c(Oc2ccc(C#N)cc2)ccc2c(CCC3CCNCC3)noc12. The maximum absolute atomic E-state index is 8.90. The van der Waals surface area contributed by atoms with Gasteiger partial charge in [-0.2, -0.15) is 5.26 Å². The Morgan fingerprint density at radius 1 is 1.19 bits per heavy atom. The number of hydrogen-bond donors (Lipinski definition) is 1. The molecule has 27 heavy (non-hydrogen) atoms. The van der Waals surface area contributed by atoms with Crippen LogP contribution >= 0.6 is 0 Å². The van der Waals surface area contributed by atoms with E-state index in [2.05, 4.69) is 16.5 Å². The summed E-state index contributed by atoms with van der Waals surface area (Å²) in [6.45, 7) is 4.24.